The minimum absolute atomic E-state index is 0.0513. The van der Waals surface area contributed by atoms with Gasteiger partial charge in [-0.15, -0.1) is 0 Å². The molecular formula is C10H20N2O2. The van der Waals surface area contributed by atoms with Crippen LogP contribution in [-0.4, -0.2) is 43.7 Å². The van der Waals surface area contributed by atoms with Crippen molar-refractivity contribution in [1.82, 2.24) is 4.90 Å². The highest BCUT2D eigenvalue weighted by atomic mass is 16.5. The summed E-state index contributed by atoms with van der Waals surface area (Å²) in [4.78, 5) is 13.4. The van der Waals surface area contributed by atoms with Crippen LogP contribution in [0.5, 0.6) is 0 Å². The molecule has 4 nitrogen and oxygen atoms in total. The van der Waals surface area contributed by atoms with Gasteiger partial charge >= 0.3 is 0 Å². The molecule has 4 heteroatoms. The van der Waals surface area contributed by atoms with Crippen molar-refractivity contribution < 1.29 is 9.53 Å². The van der Waals surface area contributed by atoms with Crippen molar-refractivity contribution in [3.8, 4) is 0 Å². The van der Waals surface area contributed by atoms with Crippen LogP contribution in [-0.2, 0) is 9.53 Å². The minimum atomic E-state index is -0.386. The number of nitrogens with two attached hydrogens (primary N) is 1. The van der Waals surface area contributed by atoms with Gasteiger partial charge in [0.15, 0.2) is 0 Å². The van der Waals surface area contributed by atoms with E-state index >= 15 is 0 Å². The van der Waals surface area contributed by atoms with Crippen LogP contribution >= 0.6 is 0 Å². The Balaban J connectivity index is 2.49. The molecule has 2 N–H and O–H groups in total. The minimum Gasteiger partial charge on any atom is -0.384 e. The molecule has 1 heterocycles. The average molecular weight is 200 g/mol. The summed E-state index contributed by atoms with van der Waals surface area (Å²) in [6.45, 7) is 6.21. The number of carbonyl (C=O) groups excluding carboxylic acids is 1. The van der Waals surface area contributed by atoms with Gasteiger partial charge in [0.1, 0.15) is 0 Å². The summed E-state index contributed by atoms with van der Waals surface area (Å²) < 4.78 is 5.12. The van der Waals surface area contributed by atoms with Crippen LogP contribution in [0.15, 0.2) is 0 Å². The Morgan fingerprint density at radius 1 is 1.64 bits per heavy atom. The lowest BCUT2D eigenvalue weighted by molar-refractivity contribution is -0.131. The molecule has 0 spiro atoms. The van der Waals surface area contributed by atoms with Gasteiger partial charge in [-0.25, -0.2) is 0 Å². The molecule has 0 aliphatic carbocycles. The molecule has 1 saturated heterocycles. The molecule has 14 heavy (non-hydrogen) atoms. The predicted octanol–water partition coefficient (Wildman–Crippen LogP) is 0.0745. The number of hydrogen-bond donors (Lipinski definition) is 1. The molecule has 0 bridgehead atoms. The maximum Gasteiger partial charge on any atom is 0.239 e. The van der Waals surface area contributed by atoms with E-state index in [-0.39, 0.29) is 11.9 Å². The zero-order valence-electron chi connectivity index (χ0n) is 9.19. The Labute approximate surface area is 85.4 Å². The number of likely N-dealkylation sites (tertiary alicyclic amines) is 1. The third-order valence-electron chi connectivity index (χ3n) is 2.85. The van der Waals surface area contributed by atoms with Crippen molar-refractivity contribution in [2.45, 2.75) is 19.9 Å². The summed E-state index contributed by atoms with van der Waals surface area (Å²) in [5.74, 6) is 1.02. The highest BCUT2D eigenvalue weighted by Gasteiger charge is 2.32. The van der Waals surface area contributed by atoms with Crippen molar-refractivity contribution in [1.29, 1.82) is 0 Å². The summed E-state index contributed by atoms with van der Waals surface area (Å²) in [6, 6.07) is -0.386. The van der Waals surface area contributed by atoms with Gasteiger partial charge in [-0.1, -0.05) is 6.92 Å². The standard InChI is InChI=1S/C10H20N2O2/c1-7-4-12(10(13)8(2)11)5-9(7)6-14-3/h7-9H,4-6,11H2,1-3H3/t7-,8+,9-/m0/s1. The van der Waals surface area contributed by atoms with E-state index in [0.29, 0.717) is 11.8 Å². The second kappa shape index (κ2) is 4.75. The molecule has 0 saturated carbocycles. The lowest BCUT2D eigenvalue weighted by Crippen LogP contribution is -2.41. The molecule has 1 aliphatic heterocycles. The predicted molar refractivity (Wildman–Crippen MR) is 54.8 cm³/mol. The fraction of sp³-hybridized carbons (Fsp3) is 0.900. The third kappa shape index (κ3) is 2.45. The number of ether oxygens (including phenoxy) is 1. The SMILES string of the molecule is COC[C@@H]1CN(C(=O)[C@@H](C)N)C[C@@H]1C. The van der Waals surface area contributed by atoms with Gasteiger partial charge in [-0.2, -0.15) is 0 Å². The molecule has 0 aromatic rings. The van der Waals surface area contributed by atoms with Crippen LogP contribution in [0.2, 0.25) is 0 Å². The van der Waals surface area contributed by atoms with Crippen molar-refractivity contribution in [2.24, 2.45) is 17.6 Å². The number of hydrogen-bond acceptors (Lipinski definition) is 3. The number of methoxy groups -OCH3 is 1. The molecule has 1 fully saturated rings. The summed E-state index contributed by atoms with van der Waals surface area (Å²) in [6.07, 6.45) is 0. The Kier molecular flexibility index (Phi) is 3.89. The smallest absolute Gasteiger partial charge is 0.239 e. The van der Waals surface area contributed by atoms with E-state index in [1.165, 1.54) is 0 Å². The van der Waals surface area contributed by atoms with E-state index in [2.05, 4.69) is 6.92 Å². The highest BCUT2D eigenvalue weighted by molar-refractivity contribution is 5.81. The first kappa shape index (κ1) is 11.5. The summed E-state index contributed by atoms with van der Waals surface area (Å²) in [7, 11) is 1.70. The van der Waals surface area contributed by atoms with Crippen LogP contribution in [0, 0.1) is 11.8 Å². The van der Waals surface area contributed by atoms with E-state index in [4.69, 9.17) is 10.5 Å². The van der Waals surface area contributed by atoms with Gasteiger partial charge in [0.2, 0.25) is 5.91 Å². The highest BCUT2D eigenvalue weighted by Crippen LogP contribution is 2.23. The van der Waals surface area contributed by atoms with Crippen molar-refractivity contribution in [2.75, 3.05) is 26.8 Å². The Hall–Kier alpha value is -0.610. The summed E-state index contributed by atoms with van der Waals surface area (Å²) >= 11 is 0. The molecule has 0 unspecified atom stereocenters. The maximum absolute atomic E-state index is 11.6. The van der Waals surface area contributed by atoms with Crippen LogP contribution in [0.1, 0.15) is 13.8 Å². The largest absolute Gasteiger partial charge is 0.384 e. The maximum atomic E-state index is 11.6. The third-order valence-corrected chi connectivity index (χ3v) is 2.85. The second-order valence-corrected chi connectivity index (χ2v) is 4.22. The van der Waals surface area contributed by atoms with Crippen LogP contribution in [0.4, 0.5) is 0 Å². The normalized spacial score (nSPS) is 29.3. The van der Waals surface area contributed by atoms with Crippen molar-refractivity contribution >= 4 is 5.91 Å². The molecule has 1 aliphatic rings. The first-order chi connectivity index (χ1) is 6.56. The Morgan fingerprint density at radius 3 is 2.79 bits per heavy atom. The molecular weight excluding hydrogens is 180 g/mol. The zero-order chi connectivity index (χ0) is 10.7. The number of amides is 1. The topological polar surface area (TPSA) is 55.6 Å². The van der Waals surface area contributed by atoms with E-state index in [1.807, 2.05) is 4.90 Å². The van der Waals surface area contributed by atoms with E-state index in [9.17, 15) is 4.79 Å². The van der Waals surface area contributed by atoms with Crippen LogP contribution in [0.25, 0.3) is 0 Å². The molecule has 1 rings (SSSR count). The molecule has 3 atom stereocenters. The Morgan fingerprint density at radius 2 is 2.29 bits per heavy atom. The van der Waals surface area contributed by atoms with Gasteiger partial charge in [0, 0.05) is 26.1 Å². The zero-order valence-corrected chi connectivity index (χ0v) is 9.19. The van der Waals surface area contributed by atoms with E-state index in [1.54, 1.807) is 14.0 Å². The van der Waals surface area contributed by atoms with Gasteiger partial charge in [-0.05, 0) is 12.8 Å². The summed E-state index contributed by atoms with van der Waals surface area (Å²) in [5, 5.41) is 0. The van der Waals surface area contributed by atoms with Crippen molar-refractivity contribution in [3.63, 3.8) is 0 Å². The molecule has 0 aromatic heterocycles. The first-order valence-electron chi connectivity index (χ1n) is 5.09. The second-order valence-electron chi connectivity index (χ2n) is 4.22. The van der Waals surface area contributed by atoms with Gasteiger partial charge in [-0.3, -0.25) is 4.79 Å². The van der Waals surface area contributed by atoms with Gasteiger partial charge in [0.25, 0.3) is 0 Å². The fourth-order valence-corrected chi connectivity index (χ4v) is 1.93. The average Bonchev–Trinajstić information content (AvgIpc) is 2.47. The van der Waals surface area contributed by atoms with Gasteiger partial charge < -0.3 is 15.4 Å². The fourth-order valence-electron chi connectivity index (χ4n) is 1.93. The first-order valence-corrected chi connectivity index (χ1v) is 5.09. The van der Waals surface area contributed by atoms with E-state index < -0.39 is 0 Å². The quantitative estimate of drug-likeness (QED) is 0.701. The number of rotatable bonds is 3. The van der Waals surface area contributed by atoms with Crippen LogP contribution in [0.3, 0.4) is 0 Å². The summed E-state index contributed by atoms with van der Waals surface area (Å²) in [5.41, 5.74) is 5.56. The lowest BCUT2D eigenvalue weighted by Gasteiger charge is -2.18. The molecule has 0 radical (unpaired) electrons. The number of carbonyl (C=O) groups is 1. The molecule has 1 amide bonds. The lowest BCUT2D eigenvalue weighted by atomic mass is 10.00. The number of nitrogens with zero attached hydrogens (tertiary/aromatic N) is 1. The monoisotopic (exact) mass is 200 g/mol. The Bertz CT molecular complexity index is 206. The van der Waals surface area contributed by atoms with Crippen molar-refractivity contribution in [3.05, 3.63) is 0 Å². The van der Waals surface area contributed by atoms with E-state index in [0.717, 1.165) is 19.7 Å². The van der Waals surface area contributed by atoms with Crippen LogP contribution < -0.4 is 5.73 Å². The molecule has 0 aromatic carbocycles. The van der Waals surface area contributed by atoms with Gasteiger partial charge in [0.05, 0.1) is 12.6 Å². The molecule has 82 valence electrons.